The highest BCUT2D eigenvalue weighted by molar-refractivity contribution is 5.70. The first-order valence-electron chi connectivity index (χ1n) is 4.63. The van der Waals surface area contributed by atoms with Crippen molar-refractivity contribution < 1.29 is 9.90 Å². The third-order valence-corrected chi connectivity index (χ3v) is 2.35. The van der Waals surface area contributed by atoms with Crippen molar-refractivity contribution in [2.75, 3.05) is 0 Å². The summed E-state index contributed by atoms with van der Waals surface area (Å²) in [6.07, 6.45) is 0.605. The second-order valence-electron chi connectivity index (χ2n) is 3.48. The van der Waals surface area contributed by atoms with Gasteiger partial charge in [0.15, 0.2) is 0 Å². The van der Waals surface area contributed by atoms with Gasteiger partial charge in [-0.05, 0) is 12.0 Å². The van der Waals surface area contributed by atoms with Crippen LogP contribution in [0.3, 0.4) is 0 Å². The van der Waals surface area contributed by atoms with Crippen LogP contribution in [0.15, 0.2) is 30.3 Å². The van der Waals surface area contributed by atoms with Crippen molar-refractivity contribution >= 4 is 5.97 Å². The van der Waals surface area contributed by atoms with Crippen LogP contribution in [-0.4, -0.2) is 17.1 Å². The van der Waals surface area contributed by atoms with E-state index in [-0.39, 0.29) is 6.04 Å². The molecule has 2 unspecified atom stereocenters. The van der Waals surface area contributed by atoms with Crippen LogP contribution in [-0.2, 0) is 11.2 Å². The Morgan fingerprint density at radius 3 is 2.50 bits per heavy atom. The molecule has 0 saturated carbocycles. The zero-order chi connectivity index (χ0) is 10.6. The SMILES string of the molecule is CC(C(=O)O)C(N)Cc1ccccc1. The van der Waals surface area contributed by atoms with Crippen LogP contribution in [0.25, 0.3) is 0 Å². The van der Waals surface area contributed by atoms with Gasteiger partial charge in [-0.2, -0.15) is 0 Å². The summed E-state index contributed by atoms with van der Waals surface area (Å²) in [6.45, 7) is 1.63. The van der Waals surface area contributed by atoms with Gasteiger partial charge in [-0.25, -0.2) is 0 Å². The summed E-state index contributed by atoms with van der Waals surface area (Å²) in [5.41, 5.74) is 6.85. The monoisotopic (exact) mass is 193 g/mol. The molecule has 0 amide bonds. The van der Waals surface area contributed by atoms with Gasteiger partial charge in [-0.1, -0.05) is 37.3 Å². The van der Waals surface area contributed by atoms with Gasteiger partial charge in [-0.15, -0.1) is 0 Å². The molecule has 76 valence electrons. The molecule has 0 aliphatic heterocycles. The van der Waals surface area contributed by atoms with E-state index in [0.29, 0.717) is 6.42 Å². The Morgan fingerprint density at radius 1 is 1.43 bits per heavy atom. The molecule has 0 radical (unpaired) electrons. The molecular weight excluding hydrogens is 178 g/mol. The molecule has 0 heterocycles. The lowest BCUT2D eigenvalue weighted by molar-refractivity contribution is -0.141. The van der Waals surface area contributed by atoms with Gasteiger partial charge in [0.25, 0.3) is 0 Å². The van der Waals surface area contributed by atoms with Crippen molar-refractivity contribution in [1.82, 2.24) is 0 Å². The van der Waals surface area contributed by atoms with Crippen LogP contribution in [0.2, 0.25) is 0 Å². The largest absolute Gasteiger partial charge is 0.481 e. The van der Waals surface area contributed by atoms with E-state index in [1.54, 1.807) is 6.92 Å². The summed E-state index contributed by atoms with van der Waals surface area (Å²) >= 11 is 0. The van der Waals surface area contributed by atoms with Crippen molar-refractivity contribution in [3.05, 3.63) is 35.9 Å². The van der Waals surface area contributed by atoms with Crippen LogP contribution in [0.1, 0.15) is 12.5 Å². The molecule has 3 heteroatoms. The minimum absolute atomic E-state index is 0.324. The normalized spacial score (nSPS) is 14.7. The first kappa shape index (κ1) is 10.7. The summed E-state index contributed by atoms with van der Waals surface area (Å²) in [6, 6.07) is 9.36. The van der Waals surface area contributed by atoms with Crippen molar-refractivity contribution in [2.24, 2.45) is 11.7 Å². The zero-order valence-electron chi connectivity index (χ0n) is 8.18. The van der Waals surface area contributed by atoms with E-state index in [1.165, 1.54) is 0 Å². The number of hydrogen-bond donors (Lipinski definition) is 2. The molecule has 0 aliphatic rings. The lowest BCUT2D eigenvalue weighted by Crippen LogP contribution is -2.35. The first-order valence-corrected chi connectivity index (χ1v) is 4.63. The van der Waals surface area contributed by atoms with E-state index >= 15 is 0 Å². The fraction of sp³-hybridized carbons (Fsp3) is 0.364. The average molecular weight is 193 g/mol. The number of carboxylic acid groups (broad SMARTS) is 1. The topological polar surface area (TPSA) is 63.3 Å². The maximum Gasteiger partial charge on any atom is 0.307 e. The highest BCUT2D eigenvalue weighted by Crippen LogP contribution is 2.08. The second kappa shape index (κ2) is 4.77. The number of benzene rings is 1. The predicted molar refractivity (Wildman–Crippen MR) is 54.9 cm³/mol. The van der Waals surface area contributed by atoms with E-state index < -0.39 is 11.9 Å². The van der Waals surface area contributed by atoms with E-state index in [1.807, 2.05) is 30.3 Å². The Hall–Kier alpha value is -1.35. The van der Waals surface area contributed by atoms with Gasteiger partial charge in [0.05, 0.1) is 5.92 Å². The third-order valence-electron chi connectivity index (χ3n) is 2.35. The number of rotatable bonds is 4. The molecule has 2 atom stereocenters. The van der Waals surface area contributed by atoms with Crippen LogP contribution in [0, 0.1) is 5.92 Å². The third kappa shape index (κ3) is 2.85. The number of nitrogens with two attached hydrogens (primary N) is 1. The summed E-state index contributed by atoms with van der Waals surface area (Å²) in [7, 11) is 0. The van der Waals surface area contributed by atoms with Crippen molar-refractivity contribution in [2.45, 2.75) is 19.4 Å². The van der Waals surface area contributed by atoms with Crippen molar-refractivity contribution in [1.29, 1.82) is 0 Å². The minimum atomic E-state index is -0.839. The lowest BCUT2D eigenvalue weighted by Gasteiger charge is -2.15. The van der Waals surface area contributed by atoms with Crippen molar-refractivity contribution in [3.8, 4) is 0 Å². The Bertz CT molecular complexity index is 297. The molecule has 1 rings (SSSR count). The Kier molecular flexibility index (Phi) is 3.65. The van der Waals surface area contributed by atoms with E-state index in [0.717, 1.165) is 5.56 Å². The Morgan fingerprint density at radius 2 is 2.00 bits per heavy atom. The van der Waals surface area contributed by atoms with Gasteiger partial charge in [0.1, 0.15) is 0 Å². The quantitative estimate of drug-likeness (QED) is 0.757. The first-order chi connectivity index (χ1) is 6.61. The smallest absolute Gasteiger partial charge is 0.307 e. The molecule has 0 spiro atoms. The maximum absolute atomic E-state index is 10.7. The van der Waals surface area contributed by atoms with Crippen molar-refractivity contribution in [3.63, 3.8) is 0 Å². The van der Waals surface area contributed by atoms with E-state index in [4.69, 9.17) is 10.8 Å². The Labute approximate surface area is 83.6 Å². The molecule has 0 aromatic heterocycles. The fourth-order valence-electron chi connectivity index (χ4n) is 1.25. The fourth-order valence-corrected chi connectivity index (χ4v) is 1.25. The number of hydrogen-bond acceptors (Lipinski definition) is 2. The Balaban J connectivity index is 2.57. The average Bonchev–Trinajstić information content (AvgIpc) is 2.18. The van der Waals surface area contributed by atoms with Crippen LogP contribution >= 0.6 is 0 Å². The highest BCUT2D eigenvalue weighted by atomic mass is 16.4. The molecule has 0 fully saturated rings. The number of carboxylic acids is 1. The second-order valence-corrected chi connectivity index (χ2v) is 3.48. The van der Waals surface area contributed by atoms with Crippen LogP contribution in [0.5, 0.6) is 0 Å². The van der Waals surface area contributed by atoms with Gasteiger partial charge in [0, 0.05) is 6.04 Å². The molecule has 1 aromatic rings. The molecule has 0 bridgehead atoms. The standard InChI is InChI=1S/C11H15NO2/c1-8(11(13)14)10(12)7-9-5-3-2-4-6-9/h2-6,8,10H,7,12H2,1H3,(H,13,14). The highest BCUT2D eigenvalue weighted by Gasteiger charge is 2.19. The summed E-state index contributed by atoms with van der Waals surface area (Å²) in [4.78, 5) is 10.7. The molecule has 0 saturated heterocycles. The van der Waals surface area contributed by atoms with Gasteiger partial charge in [-0.3, -0.25) is 4.79 Å². The number of aliphatic carboxylic acids is 1. The molecule has 3 N–H and O–H groups in total. The molecular formula is C11H15NO2. The van der Waals surface area contributed by atoms with Gasteiger partial charge < -0.3 is 10.8 Å². The summed E-state index contributed by atoms with van der Waals surface area (Å²) < 4.78 is 0. The summed E-state index contributed by atoms with van der Waals surface area (Å²) in [5.74, 6) is -1.34. The van der Waals surface area contributed by atoms with E-state index in [9.17, 15) is 4.79 Å². The summed E-state index contributed by atoms with van der Waals surface area (Å²) in [5, 5.41) is 8.75. The minimum Gasteiger partial charge on any atom is -0.481 e. The van der Waals surface area contributed by atoms with Crippen LogP contribution < -0.4 is 5.73 Å². The molecule has 3 nitrogen and oxygen atoms in total. The van der Waals surface area contributed by atoms with Gasteiger partial charge >= 0.3 is 5.97 Å². The zero-order valence-corrected chi connectivity index (χ0v) is 8.18. The lowest BCUT2D eigenvalue weighted by atomic mass is 9.96. The molecule has 14 heavy (non-hydrogen) atoms. The molecule has 1 aromatic carbocycles. The predicted octanol–water partition coefficient (Wildman–Crippen LogP) is 1.28. The van der Waals surface area contributed by atoms with Crippen LogP contribution in [0.4, 0.5) is 0 Å². The maximum atomic E-state index is 10.7. The number of carbonyl (C=O) groups is 1. The van der Waals surface area contributed by atoms with Gasteiger partial charge in [0.2, 0.25) is 0 Å². The molecule has 0 aliphatic carbocycles. The van der Waals surface area contributed by atoms with E-state index in [2.05, 4.69) is 0 Å².